The third-order valence-corrected chi connectivity index (χ3v) is 4.60. The molecule has 0 amide bonds. The summed E-state index contributed by atoms with van der Waals surface area (Å²) in [6, 6.07) is 9.41. The van der Waals surface area contributed by atoms with Crippen LogP contribution < -0.4 is 0 Å². The van der Waals surface area contributed by atoms with E-state index in [1.807, 2.05) is 31.2 Å². The lowest BCUT2D eigenvalue weighted by Crippen LogP contribution is -2.08. The third kappa shape index (κ3) is 3.26. The van der Waals surface area contributed by atoms with Gasteiger partial charge in [0, 0.05) is 15.5 Å². The Kier molecular flexibility index (Phi) is 3.84. The number of halogens is 1. The molecule has 1 aromatic heterocycles. The van der Waals surface area contributed by atoms with Gasteiger partial charge in [-0.3, -0.25) is 4.79 Å². The molecule has 0 atom stereocenters. The van der Waals surface area contributed by atoms with Crippen molar-refractivity contribution in [3.05, 3.63) is 56.2 Å². The summed E-state index contributed by atoms with van der Waals surface area (Å²) in [6.45, 7) is 8.39. The van der Waals surface area contributed by atoms with Gasteiger partial charge in [-0.1, -0.05) is 32.4 Å². The predicted molar refractivity (Wildman–Crippen MR) is 82.6 cm³/mol. The molecule has 0 radical (unpaired) electrons. The van der Waals surface area contributed by atoms with Gasteiger partial charge in [0.25, 0.3) is 0 Å². The zero-order valence-corrected chi connectivity index (χ0v) is 13.2. The molecule has 0 spiro atoms. The summed E-state index contributed by atoms with van der Waals surface area (Å²) in [6.07, 6.45) is 0. The summed E-state index contributed by atoms with van der Waals surface area (Å²) in [5.41, 5.74) is 1.74. The number of aryl methyl sites for hydroxylation is 1. The average molecular weight is 293 g/mol. The normalized spacial score (nSPS) is 11.6. The zero-order valence-electron chi connectivity index (χ0n) is 11.6. The second-order valence-corrected chi connectivity index (χ2v) is 7.28. The average Bonchev–Trinajstić information content (AvgIpc) is 2.75. The Morgan fingerprint density at radius 2 is 1.84 bits per heavy atom. The minimum absolute atomic E-state index is 0.0473. The highest BCUT2D eigenvalue weighted by atomic mass is 35.5. The molecule has 3 heteroatoms. The van der Waals surface area contributed by atoms with Crippen LogP contribution in [-0.4, -0.2) is 5.78 Å². The van der Waals surface area contributed by atoms with E-state index in [2.05, 4.69) is 20.8 Å². The molecule has 0 aliphatic carbocycles. The van der Waals surface area contributed by atoms with Gasteiger partial charge in [0.2, 0.25) is 5.78 Å². The Hall–Kier alpha value is -1.12. The Morgan fingerprint density at radius 3 is 2.37 bits per heavy atom. The molecule has 2 aromatic rings. The van der Waals surface area contributed by atoms with Gasteiger partial charge in [-0.25, -0.2) is 0 Å². The van der Waals surface area contributed by atoms with Crippen molar-refractivity contribution in [1.29, 1.82) is 0 Å². The molecule has 100 valence electrons. The van der Waals surface area contributed by atoms with Crippen LogP contribution in [-0.2, 0) is 5.41 Å². The second kappa shape index (κ2) is 5.10. The standard InChI is InChI=1S/C16H17ClOS/c1-10-7-11(9-12(17)8-10)15(18)13-5-6-14(19-13)16(2,3)4/h5-9H,1-4H3. The first kappa shape index (κ1) is 14.3. The van der Waals surface area contributed by atoms with E-state index < -0.39 is 0 Å². The highest BCUT2D eigenvalue weighted by Gasteiger charge is 2.19. The van der Waals surface area contributed by atoms with E-state index in [0.717, 1.165) is 10.4 Å². The van der Waals surface area contributed by atoms with E-state index in [9.17, 15) is 4.79 Å². The molecule has 19 heavy (non-hydrogen) atoms. The molecule has 2 rings (SSSR count). The van der Waals surface area contributed by atoms with Crippen LogP contribution >= 0.6 is 22.9 Å². The largest absolute Gasteiger partial charge is 0.288 e. The van der Waals surface area contributed by atoms with Crippen LogP contribution in [0.5, 0.6) is 0 Å². The van der Waals surface area contributed by atoms with Gasteiger partial charge >= 0.3 is 0 Å². The first-order chi connectivity index (χ1) is 8.77. The monoisotopic (exact) mass is 292 g/mol. The molecule has 0 saturated heterocycles. The SMILES string of the molecule is Cc1cc(Cl)cc(C(=O)c2ccc(C(C)(C)C)s2)c1. The number of hydrogen-bond donors (Lipinski definition) is 0. The number of thiophene rings is 1. The summed E-state index contributed by atoms with van der Waals surface area (Å²) in [5, 5.41) is 0.607. The quantitative estimate of drug-likeness (QED) is 0.692. The first-order valence-corrected chi connectivity index (χ1v) is 7.39. The summed E-state index contributed by atoms with van der Waals surface area (Å²) < 4.78 is 0. The Balaban J connectivity index is 2.36. The van der Waals surface area contributed by atoms with Crippen LogP contribution in [0.25, 0.3) is 0 Å². The van der Waals surface area contributed by atoms with Gasteiger partial charge in [-0.15, -0.1) is 11.3 Å². The number of carbonyl (C=O) groups excluding carboxylic acids is 1. The zero-order chi connectivity index (χ0) is 14.2. The topological polar surface area (TPSA) is 17.1 Å². The highest BCUT2D eigenvalue weighted by molar-refractivity contribution is 7.14. The van der Waals surface area contributed by atoms with E-state index in [0.29, 0.717) is 10.6 Å². The fraction of sp³-hybridized carbons (Fsp3) is 0.312. The van der Waals surface area contributed by atoms with Gasteiger partial charge in [-0.2, -0.15) is 0 Å². The fourth-order valence-electron chi connectivity index (χ4n) is 1.87. The molecule has 0 N–H and O–H groups in total. The van der Waals surface area contributed by atoms with Gasteiger partial charge in [-0.05, 0) is 48.2 Å². The molecule has 0 bridgehead atoms. The van der Waals surface area contributed by atoms with E-state index in [4.69, 9.17) is 11.6 Å². The minimum atomic E-state index is 0.0473. The molecule has 1 nitrogen and oxygen atoms in total. The third-order valence-electron chi connectivity index (χ3n) is 2.87. The first-order valence-electron chi connectivity index (χ1n) is 6.19. The number of rotatable bonds is 2. The van der Waals surface area contributed by atoms with E-state index in [-0.39, 0.29) is 11.2 Å². The smallest absolute Gasteiger partial charge is 0.203 e. The lowest BCUT2D eigenvalue weighted by atomic mass is 9.95. The Labute approximate surface area is 123 Å². The van der Waals surface area contributed by atoms with Crippen molar-refractivity contribution in [1.82, 2.24) is 0 Å². The summed E-state index contributed by atoms with van der Waals surface area (Å²) >= 11 is 7.57. The maximum atomic E-state index is 12.4. The van der Waals surface area contributed by atoms with Crippen LogP contribution in [0, 0.1) is 6.92 Å². The summed E-state index contributed by atoms with van der Waals surface area (Å²) in [7, 11) is 0. The van der Waals surface area contributed by atoms with Gasteiger partial charge in [0.1, 0.15) is 0 Å². The highest BCUT2D eigenvalue weighted by Crippen LogP contribution is 2.31. The summed E-state index contributed by atoms with van der Waals surface area (Å²) in [5.74, 6) is 0.0473. The Bertz CT molecular complexity index is 600. The molecule has 0 aliphatic rings. The van der Waals surface area contributed by atoms with Crippen LogP contribution in [0.1, 0.15) is 46.4 Å². The minimum Gasteiger partial charge on any atom is -0.288 e. The van der Waals surface area contributed by atoms with Gasteiger partial charge in [0.15, 0.2) is 0 Å². The molecular weight excluding hydrogens is 276 g/mol. The number of carbonyl (C=O) groups is 1. The Morgan fingerprint density at radius 1 is 1.16 bits per heavy atom. The van der Waals surface area contributed by atoms with E-state index in [1.165, 1.54) is 4.88 Å². The van der Waals surface area contributed by atoms with Crippen molar-refractivity contribution < 1.29 is 4.79 Å². The molecule has 0 fully saturated rings. The fourth-order valence-corrected chi connectivity index (χ4v) is 3.19. The van der Waals surface area contributed by atoms with Crippen LogP contribution in [0.2, 0.25) is 5.02 Å². The second-order valence-electron chi connectivity index (χ2n) is 5.76. The maximum absolute atomic E-state index is 12.4. The molecule has 0 saturated carbocycles. The van der Waals surface area contributed by atoms with Crippen LogP contribution in [0.3, 0.4) is 0 Å². The van der Waals surface area contributed by atoms with Crippen molar-refractivity contribution >= 4 is 28.7 Å². The molecule has 0 aliphatic heterocycles. The predicted octanol–water partition coefficient (Wildman–Crippen LogP) is 5.24. The molecule has 1 heterocycles. The molecule has 0 unspecified atom stereocenters. The van der Waals surface area contributed by atoms with Crippen molar-refractivity contribution in [2.45, 2.75) is 33.1 Å². The van der Waals surface area contributed by atoms with Gasteiger partial charge in [0.05, 0.1) is 4.88 Å². The van der Waals surface area contributed by atoms with Gasteiger partial charge < -0.3 is 0 Å². The summed E-state index contributed by atoms with van der Waals surface area (Å²) in [4.78, 5) is 14.4. The van der Waals surface area contributed by atoms with E-state index >= 15 is 0 Å². The number of hydrogen-bond acceptors (Lipinski definition) is 2. The lowest BCUT2D eigenvalue weighted by molar-refractivity contribution is 0.104. The lowest BCUT2D eigenvalue weighted by Gasteiger charge is -2.15. The number of benzene rings is 1. The van der Waals surface area contributed by atoms with E-state index in [1.54, 1.807) is 17.4 Å². The van der Waals surface area contributed by atoms with Crippen molar-refractivity contribution in [3.63, 3.8) is 0 Å². The van der Waals surface area contributed by atoms with Crippen LogP contribution in [0.4, 0.5) is 0 Å². The number of ketones is 1. The van der Waals surface area contributed by atoms with Crippen molar-refractivity contribution in [2.75, 3.05) is 0 Å². The van der Waals surface area contributed by atoms with Crippen molar-refractivity contribution in [3.8, 4) is 0 Å². The molecule has 1 aromatic carbocycles. The van der Waals surface area contributed by atoms with Crippen LogP contribution in [0.15, 0.2) is 30.3 Å². The molecular formula is C16H17ClOS. The maximum Gasteiger partial charge on any atom is 0.203 e. The van der Waals surface area contributed by atoms with Crippen molar-refractivity contribution in [2.24, 2.45) is 0 Å².